The summed E-state index contributed by atoms with van der Waals surface area (Å²) in [4.78, 5) is 23.0. The number of amidine groups is 1. The molecule has 0 N–H and O–H groups in total. The predicted molar refractivity (Wildman–Crippen MR) is 107 cm³/mol. The van der Waals surface area contributed by atoms with E-state index in [2.05, 4.69) is 16.6 Å². The second-order valence-electron chi connectivity index (χ2n) is 5.36. The van der Waals surface area contributed by atoms with Crippen molar-refractivity contribution in [2.45, 2.75) is 0 Å². The normalized spacial score (nSPS) is 17.2. The number of amides is 1. The first-order valence-corrected chi connectivity index (χ1v) is 8.97. The maximum Gasteiger partial charge on any atom is 0.266 e. The van der Waals surface area contributed by atoms with Gasteiger partial charge in [-0.15, -0.1) is 0 Å². The minimum Gasteiger partial charge on any atom is -0.490 e. The molecule has 0 bridgehead atoms. The van der Waals surface area contributed by atoms with Crippen molar-refractivity contribution in [3.63, 3.8) is 0 Å². The van der Waals surface area contributed by atoms with Gasteiger partial charge in [0, 0.05) is 19.4 Å². The lowest BCUT2D eigenvalue weighted by atomic mass is 10.2. The van der Waals surface area contributed by atoms with Crippen molar-refractivity contribution < 1.29 is 9.53 Å². The molecular weight excluding hydrogens is 370 g/mol. The number of thioether (sulfide) groups is 1. The van der Waals surface area contributed by atoms with Crippen molar-refractivity contribution in [3.05, 3.63) is 70.9 Å². The number of halogens is 1. The third-order valence-corrected chi connectivity index (χ3v) is 4.87. The Morgan fingerprint density at radius 2 is 2.12 bits per heavy atom. The molecule has 1 aromatic carbocycles. The van der Waals surface area contributed by atoms with Gasteiger partial charge < -0.3 is 4.74 Å². The number of carbonyl (C=O) groups excluding carboxylic acids is 1. The fraction of sp³-hybridized carbons (Fsp3) is 0.105. The molecule has 0 radical (unpaired) electrons. The Morgan fingerprint density at radius 3 is 2.81 bits per heavy atom. The molecule has 0 saturated carbocycles. The largest absolute Gasteiger partial charge is 0.490 e. The van der Waals surface area contributed by atoms with Gasteiger partial charge in [-0.1, -0.05) is 36.4 Å². The summed E-state index contributed by atoms with van der Waals surface area (Å²) in [5, 5.41) is 1.01. The number of hydrogen-bond acceptors (Lipinski definition) is 5. The maximum absolute atomic E-state index is 12.5. The third-order valence-electron chi connectivity index (χ3n) is 3.52. The maximum atomic E-state index is 12.5. The first-order valence-electron chi connectivity index (χ1n) is 7.78. The van der Waals surface area contributed by atoms with E-state index in [1.165, 1.54) is 22.9 Å². The molecular formula is C19H16ClN3O2S. The molecule has 1 aliphatic rings. The number of hydrogen-bond donors (Lipinski definition) is 0. The Hall–Kier alpha value is -2.57. The molecule has 1 fully saturated rings. The summed E-state index contributed by atoms with van der Waals surface area (Å²) in [7, 11) is 1.69. The number of likely N-dealkylation sites (N-methyl/N-ethyl adjacent to an activating group) is 1. The van der Waals surface area contributed by atoms with Gasteiger partial charge in [0.25, 0.3) is 5.91 Å². The van der Waals surface area contributed by atoms with Crippen LogP contribution in [0.25, 0.3) is 6.08 Å². The molecule has 0 atom stereocenters. The highest BCUT2D eigenvalue weighted by Crippen LogP contribution is 2.34. The number of benzene rings is 1. The fourth-order valence-corrected chi connectivity index (χ4v) is 3.32. The van der Waals surface area contributed by atoms with Gasteiger partial charge in [-0.2, -0.15) is 0 Å². The summed E-state index contributed by atoms with van der Waals surface area (Å²) in [6.07, 6.45) is 6.65. The topological polar surface area (TPSA) is 54.8 Å². The van der Waals surface area contributed by atoms with E-state index in [1.54, 1.807) is 25.4 Å². The summed E-state index contributed by atoms with van der Waals surface area (Å²) in [5.74, 6) is 0.648. The second-order valence-corrected chi connectivity index (χ2v) is 6.78. The average molecular weight is 386 g/mol. The molecule has 7 heteroatoms. The number of rotatable bonds is 5. The summed E-state index contributed by atoms with van der Waals surface area (Å²) >= 11 is 7.40. The molecule has 1 saturated heterocycles. The Labute approximate surface area is 161 Å². The van der Waals surface area contributed by atoms with Gasteiger partial charge >= 0.3 is 0 Å². The molecule has 26 heavy (non-hydrogen) atoms. The zero-order chi connectivity index (χ0) is 18.5. The smallest absolute Gasteiger partial charge is 0.266 e. The highest BCUT2D eigenvalue weighted by Gasteiger charge is 2.30. The molecule has 2 heterocycles. The van der Waals surface area contributed by atoms with E-state index in [0.29, 0.717) is 27.4 Å². The van der Waals surface area contributed by atoms with E-state index in [1.807, 2.05) is 30.3 Å². The molecule has 0 unspecified atom stereocenters. The van der Waals surface area contributed by atoms with Crippen molar-refractivity contribution in [2.75, 3.05) is 13.7 Å². The quantitative estimate of drug-likeness (QED) is 0.560. The van der Waals surface area contributed by atoms with Crippen LogP contribution in [0.1, 0.15) is 5.56 Å². The van der Waals surface area contributed by atoms with Crippen molar-refractivity contribution in [1.29, 1.82) is 0 Å². The molecule has 1 amide bonds. The van der Waals surface area contributed by atoms with Gasteiger partial charge in [0.05, 0.1) is 15.6 Å². The molecule has 0 aliphatic carbocycles. The van der Waals surface area contributed by atoms with Gasteiger partial charge in [-0.05, 0) is 41.6 Å². The molecule has 1 aromatic heterocycles. The first kappa shape index (κ1) is 18.2. The van der Waals surface area contributed by atoms with Gasteiger partial charge in [-0.3, -0.25) is 14.7 Å². The van der Waals surface area contributed by atoms with Gasteiger partial charge in [0.1, 0.15) is 12.4 Å². The molecule has 0 spiro atoms. The van der Waals surface area contributed by atoms with Crippen molar-refractivity contribution in [1.82, 2.24) is 9.88 Å². The van der Waals surface area contributed by atoms with Crippen LogP contribution in [0.3, 0.4) is 0 Å². The molecule has 2 aromatic rings. The van der Waals surface area contributed by atoms with Crippen molar-refractivity contribution >= 4 is 46.2 Å². The molecule has 3 rings (SSSR count). The minimum atomic E-state index is -0.106. The van der Waals surface area contributed by atoms with E-state index < -0.39 is 0 Å². The van der Waals surface area contributed by atoms with Crippen LogP contribution in [0.4, 0.5) is 5.69 Å². The summed E-state index contributed by atoms with van der Waals surface area (Å²) in [6.45, 7) is 4.07. The van der Waals surface area contributed by atoms with Crippen LogP contribution in [0.5, 0.6) is 5.75 Å². The van der Waals surface area contributed by atoms with Crippen LogP contribution in [0.15, 0.2) is 65.3 Å². The number of nitrogens with zero attached hydrogens (tertiary/aromatic N) is 3. The lowest BCUT2D eigenvalue weighted by Gasteiger charge is -2.07. The number of aliphatic imine (C=N–C) groups is 1. The van der Waals surface area contributed by atoms with Crippen LogP contribution >= 0.6 is 23.4 Å². The number of pyridine rings is 1. The molecule has 132 valence electrons. The number of carbonyl (C=O) groups is 1. The van der Waals surface area contributed by atoms with E-state index in [9.17, 15) is 4.79 Å². The van der Waals surface area contributed by atoms with Crippen LogP contribution in [0.2, 0.25) is 5.02 Å². The molecule has 1 aliphatic heterocycles. The number of aromatic nitrogens is 1. The fourth-order valence-electron chi connectivity index (χ4n) is 2.18. The van der Waals surface area contributed by atoms with Crippen LogP contribution in [-0.4, -0.2) is 34.6 Å². The van der Waals surface area contributed by atoms with Gasteiger partial charge in [-0.25, -0.2) is 4.99 Å². The predicted octanol–water partition coefficient (Wildman–Crippen LogP) is 4.53. The number of ether oxygens (including phenoxy) is 1. The summed E-state index contributed by atoms with van der Waals surface area (Å²) < 4.78 is 5.46. The Kier molecular flexibility index (Phi) is 5.75. The van der Waals surface area contributed by atoms with Crippen LogP contribution in [0, 0.1) is 0 Å². The second kappa shape index (κ2) is 8.21. The summed E-state index contributed by atoms with van der Waals surface area (Å²) in [5.41, 5.74) is 1.48. The minimum absolute atomic E-state index is 0.106. The zero-order valence-electron chi connectivity index (χ0n) is 14.1. The SMILES string of the molecule is C=CCOc1ccc(/C=C2\SC(=Nc3ccncc3Cl)N(C)C2=O)cc1. The lowest BCUT2D eigenvalue weighted by molar-refractivity contribution is -0.121. The Balaban J connectivity index is 1.81. The lowest BCUT2D eigenvalue weighted by Crippen LogP contribution is -2.23. The molecule has 5 nitrogen and oxygen atoms in total. The van der Waals surface area contributed by atoms with E-state index >= 15 is 0 Å². The summed E-state index contributed by atoms with van der Waals surface area (Å²) in [6, 6.07) is 9.21. The van der Waals surface area contributed by atoms with Crippen LogP contribution in [-0.2, 0) is 4.79 Å². The van der Waals surface area contributed by atoms with E-state index in [0.717, 1.165) is 11.3 Å². The van der Waals surface area contributed by atoms with E-state index in [-0.39, 0.29) is 5.91 Å². The van der Waals surface area contributed by atoms with E-state index in [4.69, 9.17) is 16.3 Å². The Morgan fingerprint density at radius 1 is 1.35 bits per heavy atom. The average Bonchev–Trinajstić information content (AvgIpc) is 2.91. The van der Waals surface area contributed by atoms with Crippen molar-refractivity contribution in [3.8, 4) is 5.75 Å². The highest BCUT2D eigenvalue weighted by molar-refractivity contribution is 8.18. The van der Waals surface area contributed by atoms with Crippen LogP contribution < -0.4 is 4.74 Å². The van der Waals surface area contributed by atoms with Crippen molar-refractivity contribution in [2.24, 2.45) is 4.99 Å². The van der Waals surface area contributed by atoms with Gasteiger partial charge in [0.2, 0.25) is 0 Å². The monoisotopic (exact) mass is 385 g/mol. The third kappa shape index (κ3) is 4.15. The standard InChI is InChI=1S/C19H16ClN3O2S/c1-3-10-25-14-6-4-13(5-7-14)11-17-18(24)23(2)19(26-17)22-16-8-9-21-12-15(16)20/h3-9,11-12H,1,10H2,2H3/b17-11-,22-19?. The zero-order valence-corrected chi connectivity index (χ0v) is 15.6. The van der Waals surface area contributed by atoms with Gasteiger partial charge in [0.15, 0.2) is 5.17 Å². The first-order chi connectivity index (χ1) is 12.6. The Bertz CT molecular complexity index is 894. The highest BCUT2D eigenvalue weighted by atomic mass is 35.5.